The minimum Gasteiger partial charge on any atom is -0.497 e. The molecule has 6 nitrogen and oxygen atoms in total. The van der Waals surface area contributed by atoms with Crippen molar-refractivity contribution < 1.29 is 19.1 Å². The smallest absolute Gasteiger partial charge is 0.242 e. The summed E-state index contributed by atoms with van der Waals surface area (Å²) in [6.45, 7) is 4.46. The van der Waals surface area contributed by atoms with Crippen molar-refractivity contribution in [3.8, 4) is 5.75 Å². The topological polar surface area (TPSA) is 59.1 Å². The number of hydrogen-bond acceptors (Lipinski definition) is 4. The molecular formula is C17H24N2O4. The molecule has 6 heteroatoms. The average molecular weight is 320 g/mol. The van der Waals surface area contributed by atoms with E-state index in [0.717, 1.165) is 11.3 Å². The molecule has 0 aromatic heterocycles. The maximum Gasteiger partial charge on any atom is 0.242 e. The quantitative estimate of drug-likeness (QED) is 0.783. The first kappa shape index (κ1) is 17.3. The third kappa shape index (κ3) is 5.25. The van der Waals surface area contributed by atoms with E-state index in [9.17, 15) is 9.59 Å². The molecule has 0 N–H and O–H groups in total. The molecule has 0 atom stereocenters. The summed E-state index contributed by atoms with van der Waals surface area (Å²) >= 11 is 0. The van der Waals surface area contributed by atoms with Gasteiger partial charge in [-0.15, -0.1) is 0 Å². The molecule has 126 valence electrons. The summed E-state index contributed by atoms with van der Waals surface area (Å²) in [4.78, 5) is 27.4. The maximum atomic E-state index is 12.3. The van der Waals surface area contributed by atoms with E-state index < -0.39 is 0 Å². The second-order valence-corrected chi connectivity index (χ2v) is 5.54. The summed E-state index contributed by atoms with van der Waals surface area (Å²) in [6.07, 6.45) is 0.688. The first-order chi connectivity index (χ1) is 11.1. The normalized spacial score (nSPS) is 14.4. The molecule has 1 saturated heterocycles. The minimum absolute atomic E-state index is 0.0193. The van der Waals surface area contributed by atoms with Crippen molar-refractivity contribution in [2.24, 2.45) is 0 Å². The Balaban J connectivity index is 1.90. The number of methoxy groups -OCH3 is 1. The van der Waals surface area contributed by atoms with Crippen molar-refractivity contribution in [3.63, 3.8) is 0 Å². The molecule has 1 heterocycles. The Kier molecular flexibility index (Phi) is 6.40. The van der Waals surface area contributed by atoms with Gasteiger partial charge in [0.1, 0.15) is 5.75 Å². The van der Waals surface area contributed by atoms with Crippen LogP contribution in [0.2, 0.25) is 0 Å². The van der Waals surface area contributed by atoms with Gasteiger partial charge in [-0.1, -0.05) is 12.1 Å². The average Bonchev–Trinajstić information content (AvgIpc) is 2.59. The van der Waals surface area contributed by atoms with Gasteiger partial charge >= 0.3 is 0 Å². The molecule has 1 aliphatic rings. The lowest BCUT2D eigenvalue weighted by molar-refractivity contribution is -0.142. The summed E-state index contributed by atoms with van der Waals surface area (Å²) in [5, 5.41) is 0. The molecule has 0 radical (unpaired) electrons. The van der Waals surface area contributed by atoms with Crippen LogP contribution in [0.25, 0.3) is 0 Å². The van der Waals surface area contributed by atoms with Crippen molar-refractivity contribution >= 4 is 11.8 Å². The summed E-state index contributed by atoms with van der Waals surface area (Å²) in [7, 11) is 1.63. The number of carbonyl (C=O) groups excluding carboxylic acids is 2. The van der Waals surface area contributed by atoms with Crippen molar-refractivity contribution in [1.29, 1.82) is 0 Å². The number of benzene rings is 1. The molecule has 0 saturated carbocycles. The van der Waals surface area contributed by atoms with E-state index in [4.69, 9.17) is 9.47 Å². The van der Waals surface area contributed by atoms with Crippen molar-refractivity contribution in [2.45, 2.75) is 13.3 Å². The summed E-state index contributed by atoms with van der Waals surface area (Å²) in [5.41, 5.74) is 1.08. The molecule has 1 aromatic rings. The lowest BCUT2D eigenvalue weighted by Crippen LogP contribution is -2.47. The number of morpholine rings is 1. The second-order valence-electron chi connectivity index (χ2n) is 5.54. The standard InChI is InChI=1S/C17H24N2O4/c1-14(20)19(13-17(21)18-8-10-23-11-9-18)7-6-15-4-3-5-16(12-15)22-2/h3-5,12H,6-11,13H2,1-2H3. The largest absolute Gasteiger partial charge is 0.497 e. The Morgan fingerprint density at radius 2 is 2.04 bits per heavy atom. The zero-order valence-electron chi connectivity index (χ0n) is 13.8. The monoisotopic (exact) mass is 320 g/mol. The van der Waals surface area contributed by atoms with Crippen LogP contribution >= 0.6 is 0 Å². The van der Waals surface area contributed by atoms with Gasteiger partial charge in [0, 0.05) is 26.6 Å². The van der Waals surface area contributed by atoms with Gasteiger partial charge in [0.15, 0.2) is 0 Å². The van der Waals surface area contributed by atoms with Crippen molar-refractivity contribution in [3.05, 3.63) is 29.8 Å². The molecule has 23 heavy (non-hydrogen) atoms. The van der Waals surface area contributed by atoms with Crippen LogP contribution in [0, 0.1) is 0 Å². The fourth-order valence-corrected chi connectivity index (χ4v) is 2.52. The van der Waals surface area contributed by atoms with Gasteiger partial charge in [-0.2, -0.15) is 0 Å². The maximum absolute atomic E-state index is 12.3. The van der Waals surface area contributed by atoms with E-state index in [2.05, 4.69) is 0 Å². The molecule has 2 amide bonds. The number of ether oxygens (including phenoxy) is 2. The number of rotatable bonds is 6. The molecule has 0 unspecified atom stereocenters. The number of amides is 2. The molecule has 0 bridgehead atoms. The lowest BCUT2D eigenvalue weighted by Gasteiger charge is -2.29. The third-order valence-corrected chi connectivity index (χ3v) is 3.94. The number of hydrogen-bond donors (Lipinski definition) is 0. The van der Waals surface area contributed by atoms with Gasteiger partial charge in [-0.05, 0) is 24.1 Å². The van der Waals surface area contributed by atoms with E-state index >= 15 is 0 Å². The number of carbonyl (C=O) groups is 2. The van der Waals surface area contributed by atoms with Gasteiger partial charge in [0.25, 0.3) is 0 Å². The van der Waals surface area contributed by atoms with Crippen LogP contribution in [0.4, 0.5) is 0 Å². The van der Waals surface area contributed by atoms with Crippen LogP contribution in [0.3, 0.4) is 0 Å². The number of nitrogens with zero attached hydrogens (tertiary/aromatic N) is 2. The van der Waals surface area contributed by atoms with E-state index in [-0.39, 0.29) is 18.4 Å². The molecule has 0 aliphatic carbocycles. The van der Waals surface area contributed by atoms with Crippen LogP contribution in [0.1, 0.15) is 12.5 Å². The van der Waals surface area contributed by atoms with Gasteiger partial charge in [-0.3, -0.25) is 9.59 Å². The Labute approximate surface area is 137 Å². The van der Waals surface area contributed by atoms with Crippen molar-refractivity contribution in [2.75, 3.05) is 46.5 Å². The van der Waals surface area contributed by atoms with E-state index in [0.29, 0.717) is 39.3 Å². The van der Waals surface area contributed by atoms with Crippen LogP contribution in [-0.2, 0) is 20.7 Å². The zero-order valence-corrected chi connectivity index (χ0v) is 13.8. The van der Waals surface area contributed by atoms with Crippen LogP contribution in [0.5, 0.6) is 5.75 Å². The fraction of sp³-hybridized carbons (Fsp3) is 0.529. The highest BCUT2D eigenvalue weighted by Crippen LogP contribution is 2.13. The van der Waals surface area contributed by atoms with Crippen LogP contribution in [0.15, 0.2) is 24.3 Å². The minimum atomic E-state index is -0.0884. The van der Waals surface area contributed by atoms with Gasteiger partial charge < -0.3 is 19.3 Å². The zero-order chi connectivity index (χ0) is 16.7. The third-order valence-electron chi connectivity index (χ3n) is 3.94. The van der Waals surface area contributed by atoms with Crippen molar-refractivity contribution in [1.82, 2.24) is 9.80 Å². The highest BCUT2D eigenvalue weighted by atomic mass is 16.5. The van der Waals surface area contributed by atoms with E-state index in [1.54, 1.807) is 16.9 Å². The summed E-state index contributed by atoms with van der Waals surface area (Å²) < 4.78 is 10.4. The first-order valence-electron chi connectivity index (χ1n) is 7.84. The Morgan fingerprint density at radius 3 is 2.70 bits per heavy atom. The van der Waals surface area contributed by atoms with E-state index in [1.165, 1.54) is 6.92 Å². The fourth-order valence-electron chi connectivity index (χ4n) is 2.52. The van der Waals surface area contributed by atoms with Crippen LogP contribution in [-0.4, -0.2) is 68.1 Å². The van der Waals surface area contributed by atoms with E-state index in [1.807, 2.05) is 24.3 Å². The summed E-state index contributed by atoms with van der Waals surface area (Å²) in [5.74, 6) is 0.685. The Hall–Kier alpha value is -2.08. The summed E-state index contributed by atoms with van der Waals surface area (Å²) in [6, 6.07) is 7.74. The first-order valence-corrected chi connectivity index (χ1v) is 7.84. The predicted molar refractivity (Wildman–Crippen MR) is 86.4 cm³/mol. The molecule has 1 aromatic carbocycles. The molecular weight excluding hydrogens is 296 g/mol. The lowest BCUT2D eigenvalue weighted by atomic mass is 10.1. The molecule has 2 rings (SSSR count). The highest BCUT2D eigenvalue weighted by molar-refractivity contribution is 5.83. The molecule has 0 spiro atoms. The predicted octanol–water partition coefficient (Wildman–Crippen LogP) is 0.945. The highest BCUT2D eigenvalue weighted by Gasteiger charge is 2.20. The molecule has 1 aliphatic heterocycles. The Bertz CT molecular complexity index is 541. The van der Waals surface area contributed by atoms with Gasteiger partial charge in [-0.25, -0.2) is 0 Å². The van der Waals surface area contributed by atoms with Crippen LogP contribution < -0.4 is 4.74 Å². The second kappa shape index (κ2) is 8.53. The van der Waals surface area contributed by atoms with Gasteiger partial charge in [0.2, 0.25) is 11.8 Å². The van der Waals surface area contributed by atoms with Gasteiger partial charge in [0.05, 0.1) is 26.9 Å². The Morgan fingerprint density at radius 1 is 1.30 bits per heavy atom. The molecule has 1 fully saturated rings. The SMILES string of the molecule is COc1cccc(CCN(CC(=O)N2CCOCC2)C(C)=O)c1.